The number of nitrogens with one attached hydrogen (secondary N) is 1. The highest BCUT2D eigenvalue weighted by Crippen LogP contribution is 2.18. The zero-order valence-electron chi connectivity index (χ0n) is 12.7. The van der Waals surface area contributed by atoms with Crippen molar-refractivity contribution in [2.24, 2.45) is 13.0 Å². The molecule has 0 aliphatic carbocycles. The molecule has 1 atom stereocenters. The molecule has 7 nitrogen and oxygen atoms in total. The molecule has 118 valence electrons. The average Bonchev–Trinajstić information content (AvgIpc) is 2.74. The van der Waals surface area contributed by atoms with E-state index in [9.17, 15) is 13.2 Å². The van der Waals surface area contributed by atoms with Gasteiger partial charge in [-0.05, 0) is 25.8 Å². The van der Waals surface area contributed by atoms with Crippen LogP contribution < -0.4 is 5.32 Å². The molecule has 0 unspecified atom stereocenters. The van der Waals surface area contributed by atoms with E-state index in [1.807, 2.05) is 20.0 Å². The van der Waals surface area contributed by atoms with Crippen LogP contribution in [0, 0.1) is 12.8 Å². The first-order valence-electron chi connectivity index (χ1n) is 6.99. The van der Waals surface area contributed by atoms with Crippen LogP contribution in [-0.4, -0.2) is 47.8 Å². The summed E-state index contributed by atoms with van der Waals surface area (Å²) >= 11 is 0. The second-order valence-electron chi connectivity index (χ2n) is 5.58. The van der Waals surface area contributed by atoms with Gasteiger partial charge in [0.1, 0.15) is 0 Å². The number of aryl methyl sites for hydroxylation is 2. The molecule has 0 spiro atoms. The molecule has 2 heterocycles. The highest BCUT2D eigenvalue weighted by Gasteiger charge is 2.30. The van der Waals surface area contributed by atoms with Crippen LogP contribution in [0.3, 0.4) is 0 Å². The van der Waals surface area contributed by atoms with Crippen molar-refractivity contribution in [3.8, 4) is 0 Å². The van der Waals surface area contributed by atoms with E-state index in [0.717, 1.165) is 17.8 Å². The van der Waals surface area contributed by atoms with Crippen molar-refractivity contribution in [2.45, 2.75) is 26.3 Å². The molecule has 21 heavy (non-hydrogen) atoms. The average molecular weight is 314 g/mol. The summed E-state index contributed by atoms with van der Waals surface area (Å²) in [5.41, 5.74) is 1.83. The fourth-order valence-electron chi connectivity index (χ4n) is 2.50. The number of sulfonamides is 1. The summed E-state index contributed by atoms with van der Waals surface area (Å²) in [5, 5.41) is 7.12. The van der Waals surface area contributed by atoms with E-state index in [0.29, 0.717) is 19.5 Å². The number of hydrogen-bond donors (Lipinski definition) is 1. The zero-order valence-corrected chi connectivity index (χ0v) is 13.5. The first kappa shape index (κ1) is 16.0. The Morgan fingerprint density at radius 1 is 1.52 bits per heavy atom. The lowest BCUT2D eigenvalue weighted by Gasteiger charge is -2.30. The summed E-state index contributed by atoms with van der Waals surface area (Å²) < 4.78 is 26.2. The van der Waals surface area contributed by atoms with Crippen LogP contribution in [0.1, 0.15) is 24.2 Å². The maximum absolute atomic E-state index is 12.2. The van der Waals surface area contributed by atoms with Crippen LogP contribution in [-0.2, 0) is 28.4 Å². The maximum Gasteiger partial charge on any atom is 0.224 e. The van der Waals surface area contributed by atoms with Gasteiger partial charge in [-0.25, -0.2) is 12.7 Å². The Kier molecular flexibility index (Phi) is 4.67. The monoisotopic (exact) mass is 314 g/mol. The van der Waals surface area contributed by atoms with E-state index in [-0.39, 0.29) is 18.4 Å². The van der Waals surface area contributed by atoms with E-state index in [2.05, 4.69) is 10.4 Å². The van der Waals surface area contributed by atoms with E-state index in [1.54, 1.807) is 4.68 Å². The van der Waals surface area contributed by atoms with Gasteiger partial charge in [-0.2, -0.15) is 5.10 Å². The number of nitrogens with zero attached hydrogens (tertiary/aromatic N) is 3. The van der Waals surface area contributed by atoms with Crippen molar-refractivity contribution in [3.63, 3.8) is 0 Å². The van der Waals surface area contributed by atoms with Crippen LogP contribution in [0.25, 0.3) is 0 Å². The number of rotatable bonds is 4. The molecule has 1 saturated heterocycles. The molecule has 8 heteroatoms. The largest absolute Gasteiger partial charge is 0.350 e. The molecule has 1 aliphatic rings. The lowest BCUT2D eigenvalue weighted by Crippen LogP contribution is -2.44. The molecular weight excluding hydrogens is 292 g/mol. The van der Waals surface area contributed by atoms with E-state index < -0.39 is 10.0 Å². The molecule has 0 aromatic carbocycles. The fourth-order valence-corrected chi connectivity index (χ4v) is 3.41. The smallest absolute Gasteiger partial charge is 0.224 e. The van der Waals surface area contributed by atoms with Crippen molar-refractivity contribution >= 4 is 15.9 Å². The van der Waals surface area contributed by atoms with Gasteiger partial charge in [0.05, 0.1) is 24.4 Å². The lowest BCUT2D eigenvalue weighted by atomic mass is 9.99. The topological polar surface area (TPSA) is 84.3 Å². The van der Waals surface area contributed by atoms with Gasteiger partial charge in [-0.3, -0.25) is 9.48 Å². The first-order valence-corrected chi connectivity index (χ1v) is 8.84. The van der Waals surface area contributed by atoms with Gasteiger partial charge in [0, 0.05) is 25.8 Å². The number of piperidine rings is 1. The van der Waals surface area contributed by atoms with Crippen LogP contribution >= 0.6 is 0 Å². The normalized spacial score (nSPS) is 20.4. The van der Waals surface area contributed by atoms with Crippen LogP contribution in [0.5, 0.6) is 0 Å². The zero-order chi connectivity index (χ0) is 15.6. The van der Waals surface area contributed by atoms with Gasteiger partial charge in [-0.1, -0.05) is 0 Å². The molecule has 0 bridgehead atoms. The molecule has 1 fully saturated rings. The quantitative estimate of drug-likeness (QED) is 0.849. The van der Waals surface area contributed by atoms with Crippen molar-refractivity contribution in [1.29, 1.82) is 0 Å². The van der Waals surface area contributed by atoms with Gasteiger partial charge < -0.3 is 5.32 Å². The molecule has 1 aromatic heterocycles. The predicted molar refractivity (Wildman–Crippen MR) is 78.9 cm³/mol. The Labute approximate surface area is 125 Å². The van der Waals surface area contributed by atoms with Crippen molar-refractivity contribution < 1.29 is 13.2 Å². The Morgan fingerprint density at radius 3 is 2.81 bits per heavy atom. The number of amides is 1. The minimum absolute atomic E-state index is 0.105. The van der Waals surface area contributed by atoms with Gasteiger partial charge in [0.25, 0.3) is 0 Å². The van der Waals surface area contributed by atoms with Gasteiger partial charge in [0.15, 0.2) is 0 Å². The van der Waals surface area contributed by atoms with Crippen LogP contribution in [0.4, 0.5) is 0 Å². The lowest BCUT2D eigenvalue weighted by molar-refractivity contribution is -0.126. The fraction of sp³-hybridized carbons (Fsp3) is 0.692. The Morgan fingerprint density at radius 2 is 2.24 bits per heavy atom. The Bertz CT molecular complexity index is 604. The minimum Gasteiger partial charge on any atom is -0.350 e. The summed E-state index contributed by atoms with van der Waals surface area (Å²) in [6.07, 6.45) is 2.62. The van der Waals surface area contributed by atoms with E-state index in [1.165, 1.54) is 10.6 Å². The molecule has 1 aliphatic heterocycles. The highest BCUT2D eigenvalue weighted by molar-refractivity contribution is 7.88. The summed E-state index contributed by atoms with van der Waals surface area (Å²) in [4.78, 5) is 12.2. The van der Waals surface area contributed by atoms with Crippen LogP contribution in [0.2, 0.25) is 0 Å². The highest BCUT2D eigenvalue weighted by atomic mass is 32.2. The van der Waals surface area contributed by atoms with Crippen LogP contribution in [0.15, 0.2) is 6.07 Å². The van der Waals surface area contributed by atoms with E-state index >= 15 is 0 Å². The first-order chi connectivity index (χ1) is 9.77. The predicted octanol–water partition coefficient (Wildman–Crippen LogP) is 0.0163. The molecule has 2 rings (SSSR count). The number of aromatic nitrogens is 2. The summed E-state index contributed by atoms with van der Waals surface area (Å²) in [6.45, 7) is 3.09. The van der Waals surface area contributed by atoms with Gasteiger partial charge in [0.2, 0.25) is 15.9 Å². The second kappa shape index (κ2) is 6.15. The molecular formula is C13H22N4O3S. The second-order valence-corrected chi connectivity index (χ2v) is 7.56. The molecule has 0 radical (unpaired) electrons. The molecule has 1 amide bonds. The third-order valence-corrected chi connectivity index (χ3v) is 5.10. The number of carbonyl (C=O) groups is 1. The maximum atomic E-state index is 12.2. The Balaban J connectivity index is 1.91. The van der Waals surface area contributed by atoms with E-state index in [4.69, 9.17) is 0 Å². The summed E-state index contributed by atoms with van der Waals surface area (Å²) in [6, 6.07) is 1.92. The van der Waals surface area contributed by atoms with Crippen molar-refractivity contribution in [2.75, 3.05) is 19.3 Å². The van der Waals surface area contributed by atoms with Gasteiger partial charge >= 0.3 is 0 Å². The van der Waals surface area contributed by atoms with Crippen molar-refractivity contribution in [1.82, 2.24) is 19.4 Å². The standard InChI is InChI=1S/C13H22N4O3S/c1-10-7-12(15-16(10)2)8-14-13(18)11-5-4-6-17(9-11)21(3,19)20/h7,11H,4-6,8-9H2,1-3H3,(H,14,18)/t11-/m1/s1. The minimum atomic E-state index is -3.22. The molecule has 0 saturated carbocycles. The molecule has 1 aromatic rings. The third kappa shape index (κ3) is 4.04. The number of carbonyl (C=O) groups excluding carboxylic acids is 1. The summed E-state index contributed by atoms with van der Waals surface area (Å²) in [5.74, 6) is -0.384. The Hall–Kier alpha value is -1.41. The SMILES string of the molecule is Cc1cc(CNC(=O)[C@@H]2CCCN(S(C)(=O)=O)C2)nn1C. The summed E-state index contributed by atoms with van der Waals surface area (Å²) in [7, 11) is -1.37. The van der Waals surface area contributed by atoms with Crippen molar-refractivity contribution in [3.05, 3.63) is 17.5 Å². The van der Waals surface area contributed by atoms with Gasteiger partial charge in [-0.15, -0.1) is 0 Å². The molecule has 1 N–H and O–H groups in total. The third-order valence-electron chi connectivity index (χ3n) is 3.83. The number of hydrogen-bond acceptors (Lipinski definition) is 4.